The summed E-state index contributed by atoms with van der Waals surface area (Å²) in [7, 11) is 0. The Morgan fingerprint density at radius 2 is 1.96 bits per heavy atom. The van der Waals surface area contributed by atoms with Gasteiger partial charge in [0.05, 0.1) is 5.69 Å². The quantitative estimate of drug-likeness (QED) is 0.749. The van der Waals surface area contributed by atoms with E-state index in [1.54, 1.807) is 12.4 Å². The molecule has 5 nitrogen and oxygen atoms in total. The van der Waals surface area contributed by atoms with Gasteiger partial charge in [0, 0.05) is 31.0 Å². The van der Waals surface area contributed by atoms with Crippen LogP contribution in [0.2, 0.25) is 0 Å². The van der Waals surface area contributed by atoms with E-state index >= 15 is 0 Å². The van der Waals surface area contributed by atoms with E-state index in [-0.39, 0.29) is 5.91 Å². The van der Waals surface area contributed by atoms with E-state index in [4.69, 9.17) is 0 Å². The Labute approximate surface area is 159 Å². The fourth-order valence-corrected chi connectivity index (χ4v) is 3.77. The van der Waals surface area contributed by atoms with Gasteiger partial charge in [-0.1, -0.05) is 30.3 Å². The van der Waals surface area contributed by atoms with Crippen molar-refractivity contribution in [1.29, 1.82) is 0 Å². The minimum atomic E-state index is 0.0483. The van der Waals surface area contributed by atoms with Crippen molar-refractivity contribution in [3.63, 3.8) is 0 Å². The van der Waals surface area contributed by atoms with Crippen LogP contribution < -0.4 is 0 Å². The molecule has 1 atom stereocenters. The molecule has 1 amide bonds. The smallest absolute Gasteiger partial charge is 0.271 e. The predicted molar refractivity (Wildman–Crippen MR) is 105 cm³/mol. The zero-order valence-electron chi connectivity index (χ0n) is 15.3. The average Bonchev–Trinajstić information content (AvgIpc) is 3.24. The summed E-state index contributed by atoms with van der Waals surface area (Å²) in [6, 6.07) is 16.2. The molecule has 0 saturated carbocycles. The molecular formula is C22H24N4O. The van der Waals surface area contributed by atoms with Crippen LogP contribution in [0.1, 0.15) is 35.3 Å². The minimum absolute atomic E-state index is 0.0483. The van der Waals surface area contributed by atoms with Crippen LogP contribution in [-0.2, 0) is 6.42 Å². The highest BCUT2D eigenvalue weighted by molar-refractivity contribution is 5.93. The van der Waals surface area contributed by atoms with Crippen LogP contribution in [-0.4, -0.2) is 39.1 Å². The van der Waals surface area contributed by atoms with Gasteiger partial charge >= 0.3 is 0 Å². The number of rotatable bonds is 5. The highest BCUT2D eigenvalue weighted by Crippen LogP contribution is 2.24. The number of aromatic nitrogens is 3. The third-order valence-corrected chi connectivity index (χ3v) is 5.27. The molecule has 1 saturated heterocycles. The van der Waals surface area contributed by atoms with Crippen LogP contribution in [0.5, 0.6) is 0 Å². The molecule has 1 aliphatic rings. The molecule has 5 heteroatoms. The van der Waals surface area contributed by atoms with Crippen LogP contribution >= 0.6 is 0 Å². The number of likely N-dealkylation sites (tertiary alicyclic amines) is 1. The van der Waals surface area contributed by atoms with Crippen molar-refractivity contribution in [3.8, 4) is 11.3 Å². The summed E-state index contributed by atoms with van der Waals surface area (Å²) < 4.78 is 0. The van der Waals surface area contributed by atoms with Gasteiger partial charge in [-0.15, -0.1) is 0 Å². The zero-order chi connectivity index (χ0) is 18.5. The molecule has 0 spiro atoms. The predicted octanol–water partition coefficient (Wildman–Crippen LogP) is 3.96. The van der Waals surface area contributed by atoms with Crippen molar-refractivity contribution in [2.75, 3.05) is 13.1 Å². The number of piperidine rings is 1. The number of benzene rings is 1. The molecule has 1 unspecified atom stereocenters. The van der Waals surface area contributed by atoms with E-state index < -0.39 is 0 Å². The van der Waals surface area contributed by atoms with Gasteiger partial charge < -0.3 is 4.90 Å². The fraction of sp³-hybridized carbons (Fsp3) is 0.318. The van der Waals surface area contributed by atoms with E-state index in [2.05, 4.69) is 45.5 Å². The number of aryl methyl sites for hydroxylation is 1. The lowest BCUT2D eigenvalue weighted by atomic mass is 9.91. The maximum absolute atomic E-state index is 12.9. The Bertz CT molecular complexity index is 876. The summed E-state index contributed by atoms with van der Waals surface area (Å²) in [6.07, 6.45) is 7.92. The highest BCUT2D eigenvalue weighted by atomic mass is 16.2. The number of aromatic amines is 1. The van der Waals surface area contributed by atoms with Gasteiger partial charge in [-0.3, -0.25) is 14.9 Å². The number of hydrogen-bond donors (Lipinski definition) is 1. The molecule has 0 radical (unpaired) electrons. The van der Waals surface area contributed by atoms with Crippen LogP contribution in [0.4, 0.5) is 0 Å². The van der Waals surface area contributed by atoms with Crippen molar-refractivity contribution in [2.24, 2.45) is 5.92 Å². The lowest BCUT2D eigenvalue weighted by molar-refractivity contribution is 0.0662. The van der Waals surface area contributed by atoms with Gasteiger partial charge in [-0.2, -0.15) is 5.10 Å². The zero-order valence-corrected chi connectivity index (χ0v) is 15.3. The molecule has 2 aromatic heterocycles. The summed E-state index contributed by atoms with van der Waals surface area (Å²) in [5.74, 6) is 0.609. The van der Waals surface area contributed by atoms with Gasteiger partial charge in [0.1, 0.15) is 5.69 Å². The van der Waals surface area contributed by atoms with Crippen LogP contribution in [0.3, 0.4) is 0 Å². The van der Waals surface area contributed by atoms with Crippen LogP contribution in [0.25, 0.3) is 11.3 Å². The molecular weight excluding hydrogens is 336 g/mol. The SMILES string of the molecule is O=C(c1cc(-c2ccncc2)n[nH]1)N1CCCC(CCc2ccccc2)C1. The fourth-order valence-electron chi connectivity index (χ4n) is 3.77. The summed E-state index contributed by atoms with van der Waals surface area (Å²) >= 11 is 0. The maximum atomic E-state index is 12.9. The number of amides is 1. The average molecular weight is 360 g/mol. The molecule has 1 aliphatic heterocycles. The third-order valence-electron chi connectivity index (χ3n) is 5.27. The number of nitrogens with zero attached hydrogens (tertiary/aromatic N) is 3. The van der Waals surface area contributed by atoms with E-state index in [1.165, 1.54) is 12.0 Å². The van der Waals surface area contributed by atoms with Crippen molar-refractivity contribution in [2.45, 2.75) is 25.7 Å². The van der Waals surface area contributed by atoms with Crippen molar-refractivity contribution in [3.05, 3.63) is 72.2 Å². The molecule has 1 aromatic carbocycles. The number of carbonyl (C=O) groups excluding carboxylic acids is 1. The molecule has 0 bridgehead atoms. The number of H-pyrrole nitrogens is 1. The van der Waals surface area contributed by atoms with Gasteiger partial charge in [0.15, 0.2) is 0 Å². The first kappa shape index (κ1) is 17.5. The van der Waals surface area contributed by atoms with Crippen LogP contribution in [0.15, 0.2) is 60.9 Å². The monoisotopic (exact) mass is 360 g/mol. The topological polar surface area (TPSA) is 61.9 Å². The Hall–Kier alpha value is -2.95. The van der Waals surface area contributed by atoms with Crippen molar-refractivity contribution < 1.29 is 4.79 Å². The summed E-state index contributed by atoms with van der Waals surface area (Å²) in [5, 5.41) is 7.21. The van der Waals surface area contributed by atoms with E-state index in [0.717, 1.165) is 43.6 Å². The minimum Gasteiger partial charge on any atom is -0.337 e. The molecule has 3 aromatic rings. The van der Waals surface area contributed by atoms with Crippen molar-refractivity contribution in [1.82, 2.24) is 20.1 Å². The lowest BCUT2D eigenvalue weighted by Crippen LogP contribution is -2.40. The largest absolute Gasteiger partial charge is 0.337 e. The molecule has 1 N–H and O–H groups in total. The molecule has 0 aliphatic carbocycles. The van der Waals surface area contributed by atoms with Crippen molar-refractivity contribution >= 4 is 5.91 Å². The first-order valence-electron chi connectivity index (χ1n) is 9.58. The Morgan fingerprint density at radius 3 is 2.78 bits per heavy atom. The van der Waals surface area contributed by atoms with E-state index in [0.29, 0.717) is 11.6 Å². The molecule has 3 heterocycles. The summed E-state index contributed by atoms with van der Waals surface area (Å²) in [6.45, 7) is 1.65. The van der Waals surface area contributed by atoms with Gasteiger partial charge in [0.2, 0.25) is 0 Å². The molecule has 27 heavy (non-hydrogen) atoms. The summed E-state index contributed by atoms with van der Waals surface area (Å²) in [5.41, 5.74) is 3.67. The normalized spacial score (nSPS) is 17.0. The van der Waals surface area contributed by atoms with Gasteiger partial charge in [-0.05, 0) is 55.4 Å². The standard InChI is InChI=1S/C22H24N4O/c27-22(21-15-20(24-25-21)19-10-12-23-13-11-19)26-14-4-7-18(16-26)9-8-17-5-2-1-3-6-17/h1-3,5-6,10-13,15,18H,4,7-9,14,16H2,(H,24,25). The highest BCUT2D eigenvalue weighted by Gasteiger charge is 2.25. The lowest BCUT2D eigenvalue weighted by Gasteiger charge is -2.32. The Kier molecular flexibility index (Phi) is 5.28. The second kappa shape index (κ2) is 8.16. The number of nitrogens with one attached hydrogen (secondary N) is 1. The first-order valence-corrected chi connectivity index (χ1v) is 9.58. The number of pyridine rings is 1. The van der Waals surface area contributed by atoms with E-state index in [1.807, 2.05) is 23.1 Å². The maximum Gasteiger partial charge on any atom is 0.271 e. The Morgan fingerprint density at radius 1 is 1.15 bits per heavy atom. The molecule has 138 valence electrons. The van der Waals surface area contributed by atoms with Gasteiger partial charge in [-0.25, -0.2) is 0 Å². The summed E-state index contributed by atoms with van der Waals surface area (Å²) in [4.78, 5) is 18.9. The van der Waals surface area contributed by atoms with Gasteiger partial charge in [0.25, 0.3) is 5.91 Å². The molecule has 4 rings (SSSR count). The first-order chi connectivity index (χ1) is 13.3. The Balaban J connectivity index is 1.38. The number of carbonyl (C=O) groups is 1. The second-order valence-corrected chi connectivity index (χ2v) is 7.19. The second-order valence-electron chi connectivity index (χ2n) is 7.19. The van der Waals surface area contributed by atoms with Crippen LogP contribution in [0, 0.1) is 5.92 Å². The third kappa shape index (κ3) is 4.25. The van der Waals surface area contributed by atoms with E-state index in [9.17, 15) is 4.79 Å². The number of hydrogen-bond acceptors (Lipinski definition) is 3. The molecule has 1 fully saturated rings.